The number of aliphatic carboxylic acids is 1. The van der Waals surface area contributed by atoms with Gasteiger partial charge < -0.3 is 10.4 Å². The molecule has 5 heteroatoms. The van der Waals surface area contributed by atoms with Crippen LogP contribution in [0.4, 0.5) is 5.82 Å². The molecule has 0 spiro atoms. The number of carbonyl (C=O) groups is 1. The van der Waals surface area contributed by atoms with Gasteiger partial charge in [0.15, 0.2) is 0 Å². The lowest BCUT2D eigenvalue weighted by Crippen LogP contribution is -2.29. The number of hydrogen-bond acceptors (Lipinski definition) is 4. The Labute approximate surface area is 104 Å². The Morgan fingerprint density at radius 2 is 2.17 bits per heavy atom. The molecule has 1 atom stereocenters. The SMILES string of the molecule is C#CCC(Nc1cnc2ccccc2n1)C(=O)O. The standard InChI is InChI=1S/C13H11N3O2/c1-2-5-11(13(17)18)16-12-8-14-9-6-3-4-7-10(9)15-12/h1,3-4,6-8,11H,5H2,(H,15,16)(H,17,18). The van der Waals surface area contributed by atoms with Gasteiger partial charge in [0.25, 0.3) is 0 Å². The summed E-state index contributed by atoms with van der Waals surface area (Å²) in [4.78, 5) is 19.4. The third-order valence-electron chi connectivity index (χ3n) is 2.39. The molecule has 0 aliphatic carbocycles. The molecule has 0 amide bonds. The molecular formula is C13H11N3O2. The van der Waals surface area contributed by atoms with Crippen molar-refractivity contribution in [1.29, 1.82) is 0 Å². The second kappa shape index (κ2) is 5.15. The minimum Gasteiger partial charge on any atom is -0.480 e. The second-order valence-electron chi connectivity index (χ2n) is 3.69. The van der Waals surface area contributed by atoms with Gasteiger partial charge in [0.1, 0.15) is 11.9 Å². The van der Waals surface area contributed by atoms with Gasteiger partial charge in [-0.05, 0) is 12.1 Å². The summed E-state index contributed by atoms with van der Waals surface area (Å²) in [5.74, 6) is 1.70. The van der Waals surface area contributed by atoms with E-state index in [9.17, 15) is 4.79 Å². The summed E-state index contributed by atoms with van der Waals surface area (Å²) in [6, 6.07) is 6.50. The Balaban J connectivity index is 2.26. The second-order valence-corrected chi connectivity index (χ2v) is 3.69. The number of anilines is 1. The van der Waals surface area contributed by atoms with Crippen LogP contribution in [0.25, 0.3) is 11.0 Å². The van der Waals surface area contributed by atoms with Crippen LogP contribution in [-0.2, 0) is 4.79 Å². The smallest absolute Gasteiger partial charge is 0.327 e. The number of fused-ring (bicyclic) bond motifs is 1. The maximum absolute atomic E-state index is 11.0. The third kappa shape index (κ3) is 2.55. The van der Waals surface area contributed by atoms with Crippen LogP contribution in [0.3, 0.4) is 0 Å². The van der Waals surface area contributed by atoms with Gasteiger partial charge in [-0.3, -0.25) is 4.98 Å². The monoisotopic (exact) mass is 241 g/mol. The summed E-state index contributed by atoms with van der Waals surface area (Å²) in [7, 11) is 0. The van der Waals surface area contributed by atoms with E-state index in [1.54, 1.807) is 0 Å². The van der Waals surface area contributed by atoms with E-state index in [-0.39, 0.29) is 6.42 Å². The molecule has 18 heavy (non-hydrogen) atoms. The van der Waals surface area contributed by atoms with Gasteiger partial charge in [0.2, 0.25) is 0 Å². The molecule has 2 aromatic rings. The van der Waals surface area contributed by atoms with Crippen LogP contribution in [0.5, 0.6) is 0 Å². The van der Waals surface area contributed by atoms with Crippen molar-refractivity contribution in [3.8, 4) is 12.3 Å². The van der Waals surface area contributed by atoms with Gasteiger partial charge in [-0.1, -0.05) is 12.1 Å². The van der Waals surface area contributed by atoms with Gasteiger partial charge in [0.05, 0.1) is 17.2 Å². The Kier molecular flexibility index (Phi) is 3.39. The Bertz CT molecular complexity index is 619. The Hall–Kier alpha value is -2.61. The van der Waals surface area contributed by atoms with E-state index in [0.29, 0.717) is 11.3 Å². The number of para-hydroxylation sites is 2. The van der Waals surface area contributed by atoms with Crippen molar-refractivity contribution < 1.29 is 9.90 Å². The first-order valence-electron chi connectivity index (χ1n) is 5.35. The number of nitrogens with zero attached hydrogens (tertiary/aromatic N) is 2. The number of terminal acetylenes is 1. The van der Waals surface area contributed by atoms with E-state index in [1.807, 2.05) is 24.3 Å². The molecule has 0 saturated carbocycles. The summed E-state index contributed by atoms with van der Waals surface area (Å²) in [6.07, 6.45) is 6.70. The highest BCUT2D eigenvalue weighted by Gasteiger charge is 2.16. The van der Waals surface area contributed by atoms with Gasteiger partial charge in [-0.2, -0.15) is 0 Å². The van der Waals surface area contributed by atoms with Crippen LogP contribution in [0.15, 0.2) is 30.5 Å². The predicted octanol–water partition coefficient (Wildman–Crippen LogP) is 1.52. The fraction of sp³-hybridized carbons (Fsp3) is 0.154. The quantitative estimate of drug-likeness (QED) is 0.794. The summed E-state index contributed by atoms with van der Waals surface area (Å²) < 4.78 is 0. The first-order chi connectivity index (χ1) is 8.70. The molecule has 0 radical (unpaired) electrons. The molecule has 90 valence electrons. The van der Waals surface area contributed by atoms with Gasteiger partial charge >= 0.3 is 5.97 Å². The molecule has 0 aliphatic rings. The Morgan fingerprint density at radius 3 is 2.83 bits per heavy atom. The maximum atomic E-state index is 11.0. The van der Waals surface area contributed by atoms with Crippen LogP contribution in [0.2, 0.25) is 0 Å². The molecule has 1 unspecified atom stereocenters. The average Bonchev–Trinajstić information content (AvgIpc) is 2.38. The highest BCUT2D eigenvalue weighted by atomic mass is 16.4. The van der Waals surface area contributed by atoms with Gasteiger partial charge in [0, 0.05) is 6.42 Å². The van der Waals surface area contributed by atoms with Crippen LogP contribution >= 0.6 is 0 Å². The summed E-state index contributed by atoms with van der Waals surface area (Å²) >= 11 is 0. The first kappa shape index (κ1) is 11.9. The van der Waals surface area contributed by atoms with Crippen molar-refractivity contribution in [2.45, 2.75) is 12.5 Å². The lowest BCUT2D eigenvalue weighted by atomic mass is 10.2. The fourth-order valence-electron chi connectivity index (χ4n) is 1.52. The summed E-state index contributed by atoms with van der Waals surface area (Å²) in [5.41, 5.74) is 1.46. The van der Waals surface area contributed by atoms with E-state index >= 15 is 0 Å². The molecular weight excluding hydrogens is 230 g/mol. The van der Waals surface area contributed by atoms with Crippen molar-refractivity contribution >= 4 is 22.8 Å². The number of benzene rings is 1. The van der Waals surface area contributed by atoms with Crippen LogP contribution < -0.4 is 5.32 Å². The normalized spacial score (nSPS) is 11.7. The predicted molar refractivity (Wildman–Crippen MR) is 68.0 cm³/mol. The first-order valence-corrected chi connectivity index (χ1v) is 5.35. The van der Waals surface area contributed by atoms with E-state index in [4.69, 9.17) is 11.5 Å². The van der Waals surface area contributed by atoms with Crippen molar-refractivity contribution in [2.75, 3.05) is 5.32 Å². The minimum atomic E-state index is -1.01. The number of carboxylic acid groups (broad SMARTS) is 1. The molecule has 1 aromatic heterocycles. The zero-order chi connectivity index (χ0) is 13.0. The van der Waals surface area contributed by atoms with Gasteiger partial charge in [-0.25, -0.2) is 9.78 Å². The number of hydrogen-bond donors (Lipinski definition) is 2. The minimum absolute atomic E-state index is 0.0871. The van der Waals surface area contributed by atoms with E-state index in [1.165, 1.54) is 6.20 Å². The molecule has 2 rings (SSSR count). The fourth-order valence-corrected chi connectivity index (χ4v) is 1.52. The molecule has 2 N–H and O–H groups in total. The van der Waals surface area contributed by atoms with Crippen molar-refractivity contribution in [1.82, 2.24) is 9.97 Å². The molecule has 1 aromatic carbocycles. The van der Waals surface area contributed by atoms with Crippen LogP contribution in [-0.4, -0.2) is 27.1 Å². The third-order valence-corrected chi connectivity index (χ3v) is 2.39. The van der Waals surface area contributed by atoms with E-state index < -0.39 is 12.0 Å². The zero-order valence-electron chi connectivity index (χ0n) is 9.50. The molecule has 5 nitrogen and oxygen atoms in total. The molecule has 1 heterocycles. The lowest BCUT2D eigenvalue weighted by Gasteiger charge is -2.12. The van der Waals surface area contributed by atoms with E-state index in [2.05, 4.69) is 21.2 Å². The summed E-state index contributed by atoms with van der Waals surface area (Å²) in [5, 5.41) is 11.7. The molecule has 0 saturated heterocycles. The highest BCUT2D eigenvalue weighted by molar-refractivity contribution is 5.79. The van der Waals surface area contributed by atoms with Gasteiger partial charge in [-0.15, -0.1) is 12.3 Å². The van der Waals surface area contributed by atoms with Crippen molar-refractivity contribution in [3.63, 3.8) is 0 Å². The average molecular weight is 241 g/mol. The Morgan fingerprint density at radius 1 is 1.44 bits per heavy atom. The maximum Gasteiger partial charge on any atom is 0.327 e. The van der Waals surface area contributed by atoms with Crippen molar-refractivity contribution in [3.05, 3.63) is 30.5 Å². The topological polar surface area (TPSA) is 75.1 Å². The van der Waals surface area contributed by atoms with Crippen LogP contribution in [0.1, 0.15) is 6.42 Å². The lowest BCUT2D eigenvalue weighted by molar-refractivity contribution is -0.137. The highest BCUT2D eigenvalue weighted by Crippen LogP contribution is 2.12. The number of carboxylic acids is 1. The molecule has 0 aliphatic heterocycles. The van der Waals surface area contributed by atoms with Crippen molar-refractivity contribution in [2.24, 2.45) is 0 Å². The van der Waals surface area contributed by atoms with E-state index in [0.717, 1.165) is 5.52 Å². The summed E-state index contributed by atoms with van der Waals surface area (Å²) in [6.45, 7) is 0. The largest absolute Gasteiger partial charge is 0.480 e. The number of nitrogens with one attached hydrogen (secondary N) is 1. The van der Waals surface area contributed by atoms with Crippen LogP contribution in [0, 0.1) is 12.3 Å². The zero-order valence-corrected chi connectivity index (χ0v) is 9.50. The molecule has 0 fully saturated rings. The number of aromatic nitrogens is 2. The molecule has 0 bridgehead atoms. The number of rotatable bonds is 4.